The molecule has 1 aromatic heterocycles. The number of hydrogen-bond donors (Lipinski definition) is 3. The fraction of sp³-hybridized carbons (Fsp3) is 0.323. The highest BCUT2D eigenvalue weighted by atomic mass is 19.1. The van der Waals surface area contributed by atoms with Crippen molar-refractivity contribution in [2.45, 2.75) is 65.4 Å². The molecule has 5 nitrogen and oxygen atoms in total. The number of rotatable bonds is 12. The first kappa shape index (κ1) is 26.3. The summed E-state index contributed by atoms with van der Waals surface area (Å²) in [6, 6.07) is 19.7. The van der Waals surface area contributed by atoms with Crippen LogP contribution in [0.25, 0.3) is 10.9 Å². The van der Waals surface area contributed by atoms with E-state index in [0.29, 0.717) is 11.3 Å². The van der Waals surface area contributed by atoms with Gasteiger partial charge in [0.2, 0.25) is 0 Å². The van der Waals surface area contributed by atoms with E-state index in [1.807, 2.05) is 49.4 Å². The number of benzene rings is 3. The average molecular weight is 502 g/mol. The first-order valence-electron chi connectivity index (χ1n) is 13.3. The molecule has 1 atom stereocenters. The van der Waals surface area contributed by atoms with Crippen molar-refractivity contribution in [3.63, 3.8) is 0 Å². The van der Waals surface area contributed by atoms with E-state index in [-0.39, 0.29) is 17.8 Å². The van der Waals surface area contributed by atoms with Crippen molar-refractivity contribution in [2.75, 3.05) is 10.6 Å². The molecule has 1 unspecified atom stereocenters. The van der Waals surface area contributed by atoms with E-state index in [1.54, 1.807) is 18.2 Å². The summed E-state index contributed by atoms with van der Waals surface area (Å²) < 4.78 is 20.2. The van der Waals surface area contributed by atoms with E-state index in [1.165, 1.54) is 6.07 Å². The molecule has 0 radical (unpaired) electrons. The number of amides is 1. The summed E-state index contributed by atoms with van der Waals surface area (Å²) in [5, 5.41) is 7.12. The topological polar surface area (TPSA) is 66.1 Å². The van der Waals surface area contributed by atoms with Gasteiger partial charge in [-0.1, -0.05) is 52.2 Å². The Bertz CT molecular complexity index is 1330. The van der Waals surface area contributed by atoms with Crippen LogP contribution in [0.3, 0.4) is 0 Å². The van der Waals surface area contributed by atoms with Crippen LogP contribution in [0, 0.1) is 5.82 Å². The van der Waals surface area contributed by atoms with Crippen molar-refractivity contribution in [2.24, 2.45) is 0 Å². The maximum Gasteiger partial charge on any atom is 0.255 e. The highest BCUT2D eigenvalue weighted by molar-refractivity contribution is 6.10. The van der Waals surface area contributed by atoms with E-state index in [2.05, 4.69) is 29.5 Å². The van der Waals surface area contributed by atoms with Crippen LogP contribution in [-0.4, -0.2) is 17.0 Å². The van der Waals surface area contributed by atoms with E-state index in [4.69, 9.17) is 4.74 Å². The number of fused-ring (bicyclic) bond motifs is 1. The van der Waals surface area contributed by atoms with Gasteiger partial charge in [0, 0.05) is 27.8 Å². The van der Waals surface area contributed by atoms with Gasteiger partial charge in [0.05, 0.1) is 17.5 Å². The van der Waals surface area contributed by atoms with Gasteiger partial charge in [-0.05, 0) is 73.9 Å². The molecule has 4 aromatic rings. The zero-order chi connectivity index (χ0) is 26.2. The van der Waals surface area contributed by atoms with Crippen molar-refractivity contribution >= 4 is 33.9 Å². The third-order valence-corrected chi connectivity index (χ3v) is 6.53. The second kappa shape index (κ2) is 12.4. The average Bonchev–Trinajstić information content (AvgIpc) is 3.25. The number of unbranched alkanes of at least 4 members (excludes halogenated alkanes) is 1. The van der Waals surface area contributed by atoms with Gasteiger partial charge in [0.1, 0.15) is 11.6 Å². The number of halogens is 1. The quantitative estimate of drug-likeness (QED) is 0.182. The fourth-order valence-electron chi connectivity index (χ4n) is 4.54. The van der Waals surface area contributed by atoms with Gasteiger partial charge in [-0.3, -0.25) is 4.79 Å². The molecule has 0 saturated heterocycles. The molecular weight excluding hydrogens is 465 g/mol. The number of H-pyrrole nitrogens is 1. The molecule has 0 saturated carbocycles. The van der Waals surface area contributed by atoms with Crippen LogP contribution in [0.4, 0.5) is 21.5 Å². The number of para-hydroxylation sites is 1. The summed E-state index contributed by atoms with van der Waals surface area (Å²) in [4.78, 5) is 16.5. The van der Waals surface area contributed by atoms with Crippen LogP contribution in [0.15, 0.2) is 66.7 Å². The maximum atomic E-state index is 14.1. The van der Waals surface area contributed by atoms with E-state index >= 15 is 0 Å². The zero-order valence-electron chi connectivity index (χ0n) is 21.9. The Balaban J connectivity index is 1.49. The minimum Gasteiger partial charge on any atom is -0.490 e. The summed E-state index contributed by atoms with van der Waals surface area (Å²) in [6.45, 7) is 6.40. The first-order valence-corrected chi connectivity index (χ1v) is 13.3. The third-order valence-electron chi connectivity index (χ3n) is 6.53. The Morgan fingerprint density at radius 2 is 1.76 bits per heavy atom. The van der Waals surface area contributed by atoms with Gasteiger partial charge in [-0.25, -0.2) is 4.39 Å². The molecular formula is C31H36FN3O2. The summed E-state index contributed by atoms with van der Waals surface area (Å²) in [7, 11) is 0. The lowest BCUT2D eigenvalue weighted by atomic mass is 10.1. The summed E-state index contributed by atoms with van der Waals surface area (Å²) >= 11 is 0. The van der Waals surface area contributed by atoms with Crippen LogP contribution in [0.5, 0.6) is 5.75 Å². The monoisotopic (exact) mass is 501 g/mol. The second-order valence-corrected chi connectivity index (χ2v) is 9.35. The molecule has 1 amide bonds. The minimum absolute atomic E-state index is 0.174. The molecule has 0 aliphatic heterocycles. The van der Waals surface area contributed by atoms with Crippen LogP contribution < -0.4 is 15.4 Å². The van der Waals surface area contributed by atoms with Crippen molar-refractivity contribution in [3.05, 3.63) is 83.8 Å². The standard InChI is InChI=1S/C31H36FN3O2/c1-4-7-11-23(10-5-2)37-24-17-14-21(15-18-24)31(36)35-30-25-19-16-22(20-29(25)34-27(30)6-3)33-28-13-9-8-12-26(28)32/h8-9,12-20,23,33-34H,4-7,10-11H2,1-3H3,(H,35,36). The van der Waals surface area contributed by atoms with Gasteiger partial charge >= 0.3 is 0 Å². The highest BCUT2D eigenvalue weighted by Gasteiger charge is 2.16. The fourth-order valence-corrected chi connectivity index (χ4v) is 4.54. The van der Waals surface area contributed by atoms with E-state index in [9.17, 15) is 9.18 Å². The third kappa shape index (κ3) is 6.50. The van der Waals surface area contributed by atoms with Crippen LogP contribution in [0.1, 0.15) is 68.9 Å². The largest absolute Gasteiger partial charge is 0.490 e. The second-order valence-electron chi connectivity index (χ2n) is 9.35. The van der Waals surface area contributed by atoms with E-state index in [0.717, 1.165) is 72.2 Å². The van der Waals surface area contributed by atoms with Gasteiger partial charge in [-0.15, -0.1) is 0 Å². The smallest absolute Gasteiger partial charge is 0.255 e. The highest BCUT2D eigenvalue weighted by Crippen LogP contribution is 2.32. The lowest BCUT2D eigenvalue weighted by molar-refractivity contribution is 0.102. The SMILES string of the molecule is CCCCC(CCC)Oc1ccc(C(=O)Nc2c(CC)[nH]c3cc(Nc4ccccc4F)ccc23)cc1. The molecule has 0 bridgehead atoms. The normalized spacial score (nSPS) is 11.9. The molecule has 0 spiro atoms. The number of anilines is 3. The molecule has 1 heterocycles. The number of ether oxygens (including phenoxy) is 1. The molecule has 6 heteroatoms. The Kier molecular flexibility index (Phi) is 8.83. The first-order chi connectivity index (χ1) is 18.0. The molecule has 3 aromatic carbocycles. The lowest BCUT2D eigenvalue weighted by Crippen LogP contribution is -2.16. The Morgan fingerprint density at radius 1 is 0.973 bits per heavy atom. The number of carbonyl (C=O) groups excluding carboxylic acids is 1. The molecule has 0 aliphatic rings. The Morgan fingerprint density at radius 3 is 2.46 bits per heavy atom. The van der Waals surface area contributed by atoms with Crippen molar-refractivity contribution in [3.8, 4) is 5.75 Å². The summed E-state index contributed by atoms with van der Waals surface area (Å²) in [5.41, 5.74) is 4.31. The van der Waals surface area contributed by atoms with Crippen molar-refractivity contribution in [1.29, 1.82) is 0 Å². The molecule has 0 aliphatic carbocycles. The Labute approximate surface area is 218 Å². The molecule has 194 valence electrons. The minimum atomic E-state index is -0.311. The summed E-state index contributed by atoms with van der Waals surface area (Å²) in [6.07, 6.45) is 6.39. The molecule has 0 fully saturated rings. The summed E-state index contributed by atoms with van der Waals surface area (Å²) in [5.74, 6) is 0.309. The number of aryl methyl sites for hydroxylation is 1. The van der Waals surface area contributed by atoms with Gasteiger partial charge in [-0.2, -0.15) is 0 Å². The van der Waals surface area contributed by atoms with Crippen LogP contribution in [-0.2, 0) is 6.42 Å². The predicted octanol–water partition coefficient (Wildman–Crippen LogP) is 8.60. The van der Waals surface area contributed by atoms with Gasteiger partial charge in [0.15, 0.2) is 0 Å². The zero-order valence-corrected chi connectivity index (χ0v) is 21.9. The van der Waals surface area contributed by atoms with Gasteiger partial charge in [0.25, 0.3) is 5.91 Å². The van der Waals surface area contributed by atoms with Crippen LogP contribution >= 0.6 is 0 Å². The number of carbonyl (C=O) groups is 1. The Hall–Kier alpha value is -3.80. The predicted molar refractivity (Wildman–Crippen MR) is 151 cm³/mol. The molecule has 3 N–H and O–H groups in total. The van der Waals surface area contributed by atoms with Crippen LogP contribution in [0.2, 0.25) is 0 Å². The molecule has 4 rings (SSSR count). The number of aromatic nitrogens is 1. The maximum absolute atomic E-state index is 14.1. The van der Waals surface area contributed by atoms with Crippen molar-refractivity contribution in [1.82, 2.24) is 4.98 Å². The molecule has 37 heavy (non-hydrogen) atoms. The van der Waals surface area contributed by atoms with Gasteiger partial charge < -0.3 is 20.4 Å². The number of aromatic amines is 1. The number of hydrogen-bond acceptors (Lipinski definition) is 3. The number of nitrogens with one attached hydrogen (secondary N) is 3. The van der Waals surface area contributed by atoms with E-state index < -0.39 is 0 Å². The van der Waals surface area contributed by atoms with Crippen molar-refractivity contribution < 1.29 is 13.9 Å². The lowest BCUT2D eigenvalue weighted by Gasteiger charge is -2.18.